The molecule has 1 aliphatic heterocycles. The Labute approximate surface area is 139 Å². The fourth-order valence-corrected chi connectivity index (χ4v) is 3.61. The zero-order chi connectivity index (χ0) is 16.5. The number of benzene rings is 2. The molecule has 122 valence electrons. The molecule has 0 bridgehead atoms. The normalized spacial score (nSPS) is 24.4. The van der Waals surface area contributed by atoms with Crippen molar-refractivity contribution in [3.8, 4) is 0 Å². The van der Waals surface area contributed by atoms with Crippen molar-refractivity contribution in [2.75, 3.05) is 0 Å². The Morgan fingerprint density at radius 2 is 1.62 bits per heavy atom. The molecule has 2 atom stereocenters. The molecule has 0 spiro atoms. The Balaban J connectivity index is 1.60. The summed E-state index contributed by atoms with van der Waals surface area (Å²) in [6, 6.07) is 13.2. The standard InChI is InChI=1S/C20H18F2N2/c21-16-8-4-13(5-9-16)12-15-2-1-3-18-19(23-24-20(15)18)14-6-10-17(22)11-7-14/h4-12,18-19,23H,1-3H2/b15-12+/t18-,19-/m1/s1. The van der Waals surface area contributed by atoms with Crippen LogP contribution in [0.4, 0.5) is 8.78 Å². The maximum absolute atomic E-state index is 13.2. The zero-order valence-electron chi connectivity index (χ0n) is 13.2. The van der Waals surface area contributed by atoms with Crippen molar-refractivity contribution in [3.63, 3.8) is 0 Å². The zero-order valence-corrected chi connectivity index (χ0v) is 13.2. The second-order valence-electron chi connectivity index (χ2n) is 6.38. The van der Waals surface area contributed by atoms with E-state index in [2.05, 4.69) is 16.6 Å². The number of allylic oxidation sites excluding steroid dienone is 1. The van der Waals surface area contributed by atoms with E-state index in [-0.39, 0.29) is 17.7 Å². The van der Waals surface area contributed by atoms with Gasteiger partial charge < -0.3 is 5.43 Å². The van der Waals surface area contributed by atoms with Gasteiger partial charge in [0.15, 0.2) is 0 Å². The van der Waals surface area contributed by atoms with Crippen LogP contribution in [-0.4, -0.2) is 5.71 Å². The van der Waals surface area contributed by atoms with Crippen LogP contribution in [0.2, 0.25) is 0 Å². The van der Waals surface area contributed by atoms with Crippen LogP contribution in [0.5, 0.6) is 0 Å². The molecule has 0 unspecified atom stereocenters. The van der Waals surface area contributed by atoms with Gasteiger partial charge in [0.1, 0.15) is 11.6 Å². The lowest BCUT2D eigenvalue weighted by atomic mass is 9.78. The lowest BCUT2D eigenvalue weighted by Gasteiger charge is -2.26. The van der Waals surface area contributed by atoms with Gasteiger partial charge in [0, 0.05) is 5.92 Å². The summed E-state index contributed by atoms with van der Waals surface area (Å²) in [6.07, 6.45) is 5.23. The Hall–Kier alpha value is -2.49. The maximum atomic E-state index is 13.2. The predicted molar refractivity (Wildman–Crippen MR) is 91.4 cm³/mol. The van der Waals surface area contributed by atoms with Gasteiger partial charge in [0.2, 0.25) is 0 Å². The molecule has 1 fully saturated rings. The van der Waals surface area contributed by atoms with Crippen molar-refractivity contribution in [3.05, 3.63) is 76.9 Å². The number of nitrogens with zero attached hydrogens (tertiary/aromatic N) is 1. The number of fused-ring (bicyclic) bond motifs is 1. The molecular weight excluding hydrogens is 306 g/mol. The summed E-state index contributed by atoms with van der Waals surface area (Å²) in [5.74, 6) is -0.149. The van der Waals surface area contributed by atoms with Crippen molar-refractivity contribution < 1.29 is 8.78 Å². The highest BCUT2D eigenvalue weighted by Gasteiger charge is 2.36. The summed E-state index contributed by atoms with van der Waals surface area (Å²) in [7, 11) is 0. The first-order valence-corrected chi connectivity index (χ1v) is 8.26. The molecule has 0 saturated heterocycles. The van der Waals surface area contributed by atoms with Crippen LogP contribution in [0.1, 0.15) is 36.4 Å². The molecule has 0 aromatic heterocycles. The largest absolute Gasteiger partial charge is 0.302 e. The number of rotatable bonds is 2. The van der Waals surface area contributed by atoms with Crippen LogP contribution in [0.3, 0.4) is 0 Å². The third-order valence-electron chi connectivity index (χ3n) is 4.81. The second kappa shape index (κ2) is 6.19. The molecule has 2 aliphatic rings. The molecule has 2 aromatic rings. The van der Waals surface area contributed by atoms with E-state index in [1.165, 1.54) is 29.8 Å². The van der Waals surface area contributed by atoms with Gasteiger partial charge in [-0.2, -0.15) is 5.10 Å². The van der Waals surface area contributed by atoms with Gasteiger partial charge in [-0.15, -0.1) is 0 Å². The number of nitrogens with one attached hydrogen (secondary N) is 1. The van der Waals surface area contributed by atoms with Crippen LogP contribution in [-0.2, 0) is 0 Å². The van der Waals surface area contributed by atoms with E-state index in [4.69, 9.17) is 0 Å². The fourth-order valence-electron chi connectivity index (χ4n) is 3.61. The second-order valence-corrected chi connectivity index (χ2v) is 6.38. The fraction of sp³-hybridized carbons (Fsp3) is 0.250. The van der Waals surface area contributed by atoms with Gasteiger partial charge in [-0.3, -0.25) is 0 Å². The van der Waals surface area contributed by atoms with Crippen LogP contribution in [0.25, 0.3) is 6.08 Å². The van der Waals surface area contributed by atoms with Gasteiger partial charge in [0.25, 0.3) is 0 Å². The first kappa shape index (κ1) is 15.1. The van der Waals surface area contributed by atoms with Crippen LogP contribution in [0.15, 0.2) is 59.2 Å². The Morgan fingerprint density at radius 3 is 2.33 bits per heavy atom. The van der Waals surface area contributed by atoms with Gasteiger partial charge in [-0.05, 0) is 66.3 Å². The molecule has 4 rings (SSSR count). The molecule has 1 N–H and O–H groups in total. The lowest BCUT2D eigenvalue weighted by Crippen LogP contribution is -2.25. The van der Waals surface area contributed by atoms with Gasteiger partial charge in [-0.25, -0.2) is 8.78 Å². The highest BCUT2D eigenvalue weighted by Crippen LogP contribution is 2.39. The third-order valence-corrected chi connectivity index (χ3v) is 4.81. The molecule has 2 aromatic carbocycles. The first-order chi connectivity index (χ1) is 11.7. The highest BCUT2D eigenvalue weighted by atomic mass is 19.1. The van der Waals surface area contributed by atoms with Crippen LogP contribution < -0.4 is 5.43 Å². The summed E-state index contributed by atoms with van der Waals surface area (Å²) in [5.41, 5.74) is 7.56. The summed E-state index contributed by atoms with van der Waals surface area (Å²) >= 11 is 0. The summed E-state index contributed by atoms with van der Waals surface area (Å²) in [4.78, 5) is 0. The molecule has 4 heteroatoms. The number of halogens is 2. The highest BCUT2D eigenvalue weighted by molar-refractivity contribution is 6.07. The van der Waals surface area contributed by atoms with E-state index in [0.29, 0.717) is 5.92 Å². The average molecular weight is 324 g/mol. The van der Waals surface area contributed by atoms with Gasteiger partial charge in [0.05, 0.1) is 11.8 Å². The van der Waals surface area contributed by atoms with Crippen molar-refractivity contribution in [2.24, 2.45) is 11.0 Å². The summed E-state index contributed by atoms with van der Waals surface area (Å²) in [5, 5.41) is 4.56. The van der Waals surface area contributed by atoms with E-state index in [0.717, 1.165) is 36.1 Å². The lowest BCUT2D eigenvalue weighted by molar-refractivity contribution is 0.450. The smallest absolute Gasteiger partial charge is 0.123 e. The third kappa shape index (κ3) is 2.84. The molecule has 1 heterocycles. The van der Waals surface area contributed by atoms with Crippen LogP contribution in [0, 0.1) is 17.6 Å². The quantitative estimate of drug-likeness (QED) is 0.839. The van der Waals surface area contributed by atoms with Crippen molar-refractivity contribution in [1.29, 1.82) is 0 Å². The number of hydrogen-bond donors (Lipinski definition) is 1. The monoisotopic (exact) mass is 324 g/mol. The minimum Gasteiger partial charge on any atom is -0.302 e. The Kier molecular flexibility index (Phi) is 3.89. The average Bonchev–Trinajstić information content (AvgIpc) is 3.03. The van der Waals surface area contributed by atoms with E-state index < -0.39 is 0 Å². The van der Waals surface area contributed by atoms with Gasteiger partial charge in [-0.1, -0.05) is 24.3 Å². The van der Waals surface area contributed by atoms with Crippen molar-refractivity contribution in [2.45, 2.75) is 25.3 Å². The first-order valence-electron chi connectivity index (χ1n) is 8.26. The summed E-state index contributed by atoms with van der Waals surface area (Å²) < 4.78 is 26.2. The van der Waals surface area contributed by atoms with E-state index >= 15 is 0 Å². The Bertz CT molecular complexity index is 791. The van der Waals surface area contributed by atoms with Gasteiger partial charge >= 0.3 is 0 Å². The van der Waals surface area contributed by atoms with Crippen molar-refractivity contribution >= 4 is 11.8 Å². The van der Waals surface area contributed by atoms with E-state index in [1.807, 2.05) is 12.1 Å². The minimum absolute atomic E-state index is 0.0949. The molecular formula is C20H18F2N2. The molecule has 2 nitrogen and oxygen atoms in total. The number of hydrogen-bond acceptors (Lipinski definition) is 2. The van der Waals surface area contributed by atoms with Crippen molar-refractivity contribution in [1.82, 2.24) is 5.43 Å². The van der Waals surface area contributed by atoms with E-state index in [1.54, 1.807) is 12.1 Å². The molecule has 1 saturated carbocycles. The molecule has 24 heavy (non-hydrogen) atoms. The molecule has 0 amide bonds. The Morgan fingerprint density at radius 1 is 0.958 bits per heavy atom. The topological polar surface area (TPSA) is 24.4 Å². The molecule has 0 radical (unpaired) electrons. The maximum Gasteiger partial charge on any atom is 0.123 e. The van der Waals surface area contributed by atoms with Crippen LogP contribution >= 0.6 is 0 Å². The molecule has 1 aliphatic carbocycles. The summed E-state index contributed by atoms with van der Waals surface area (Å²) in [6.45, 7) is 0. The number of hydrazone groups is 1. The SMILES string of the molecule is Fc1ccc(/C=C2\CCC[C@H]3C2=NN[C@@H]3c2ccc(F)cc2)cc1. The minimum atomic E-state index is -0.227. The predicted octanol–water partition coefficient (Wildman–Crippen LogP) is 4.85. The van der Waals surface area contributed by atoms with E-state index in [9.17, 15) is 8.78 Å².